The molecule has 0 radical (unpaired) electrons. The van der Waals surface area contributed by atoms with Gasteiger partial charge in [0.05, 0.1) is 6.20 Å². The molecule has 8 heteroatoms. The van der Waals surface area contributed by atoms with Crippen molar-refractivity contribution in [1.82, 2.24) is 19.9 Å². The highest BCUT2D eigenvalue weighted by Gasteiger charge is 2.27. The van der Waals surface area contributed by atoms with Gasteiger partial charge >= 0.3 is 0 Å². The number of anilines is 1. The van der Waals surface area contributed by atoms with Gasteiger partial charge in [0, 0.05) is 35.5 Å². The summed E-state index contributed by atoms with van der Waals surface area (Å²) in [5, 5.41) is 0.742. The maximum atomic E-state index is 12.2. The number of Topliss-reactive ketones (excluding diaryl/α,β-unsaturated/α-hetero) is 1. The van der Waals surface area contributed by atoms with Gasteiger partial charge in [0.25, 0.3) is 0 Å². The van der Waals surface area contributed by atoms with Crippen LogP contribution in [0.15, 0.2) is 34.3 Å². The summed E-state index contributed by atoms with van der Waals surface area (Å²) in [4.78, 5) is 32.5. The lowest BCUT2D eigenvalue weighted by Gasteiger charge is -2.36. The topological polar surface area (TPSA) is 101 Å². The Balaban J connectivity index is 1.41. The number of carbonyl (C=O) groups is 1. The molecule has 2 aromatic heterocycles. The average Bonchev–Trinajstić information content (AvgIpc) is 3.26. The highest BCUT2D eigenvalue weighted by atomic mass is 32.2. The molecule has 0 atom stereocenters. The molecule has 1 aliphatic carbocycles. The van der Waals surface area contributed by atoms with Crippen LogP contribution in [0.4, 0.5) is 5.95 Å². The number of aryl methyl sites for hydroxylation is 1. The molecule has 1 fully saturated rings. The first-order valence-electron chi connectivity index (χ1n) is 9.58. The third-order valence-electron chi connectivity index (χ3n) is 5.61. The van der Waals surface area contributed by atoms with E-state index in [-0.39, 0.29) is 11.3 Å². The number of benzene rings is 1. The molecular formula is C20H22N6OS. The van der Waals surface area contributed by atoms with Crippen molar-refractivity contribution in [2.45, 2.75) is 48.1 Å². The minimum Gasteiger partial charge on any atom is -0.342 e. The summed E-state index contributed by atoms with van der Waals surface area (Å²) in [6.45, 7) is 3.83. The summed E-state index contributed by atoms with van der Waals surface area (Å²) in [5.41, 5.74) is 9.37. The minimum absolute atomic E-state index is 0.101. The van der Waals surface area contributed by atoms with Crippen LogP contribution in [0.1, 0.15) is 42.1 Å². The number of carbonyl (C=O) groups excluding carboxylic acids is 1. The molecule has 1 aliphatic heterocycles. The SMILES string of the molecule is CC1(N)CCN(c2nc3nc(Sc4cccc5c4C(=O)CC5)cnc3[nH]2)CC1. The minimum atomic E-state index is -0.101. The van der Waals surface area contributed by atoms with E-state index in [4.69, 9.17) is 5.73 Å². The van der Waals surface area contributed by atoms with Gasteiger partial charge in [-0.3, -0.25) is 4.79 Å². The number of hydrogen-bond donors (Lipinski definition) is 2. The summed E-state index contributed by atoms with van der Waals surface area (Å²) >= 11 is 1.48. The zero-order valence-electron chi connectivity index (χ0n) is 15.7. The van der Waals surface area contributed by atoms with E-state index in [1.165, 1.54) is 11.8 Å². The molecule has 0 saturated carbocycles. The lowest BCUT2D eigenvalue weighted by molar-refractivity contribution is 0.0992. The van der Waals surface area contributed by atoms with Gasteiger partial charge in [0.15, 0.2) is 17.1 Å². The number of rotatable bonds is 3. The number of aromatic nitrogens is 4. The van der Waals surface area contributed by atoms with Crippen molar-refractivity contribution < 1.29 is 4.79 Å². The molecule has 1 aromatic carbocycles. The Labute approximate surface area is 167 Å². The Bertz CT molecular complexity index is 1070. The number of nitrogens with two attached hydrogens (primary N) is 1. The van der Waals surface area contributed by atoms with Crippen LogP contribution in [0.3, 0.4) is 0 Å². The van der Waals surface area contributed by atoms with Gasteiger partial charge in [-0.1, -0.05) is 23.9 Å². The largest absolute Gasteiger partial charge is 0.342 e. The standard InChI is InChI=1S/C20H22N6OS/c1-20(21)7-9-26(10-8-20)19-24-17-18(25-19)23-15(11-22-17)28-14-4-2-3-12-5-6-13(27)16(12)14/h2-4,11H,5-10,21H2,1H3,(H,22,23,24,25). The van der Waals surface area contributed by atoms with Gasteiger partial charge in [-0.2, -0.15) is 4.98 Å². The van der Waals surface area contributed by atoms with E-state index >= 15 is 0 Å². The maximum absolute atomic E-state index is 12.2. The predicted molar refractivity (Wildman–Crippen MR) is 109 cm³/mol. The van der Waals surface area contributed by atoms with Gasteiger partial charge in [-0.25, -0.2) is 9.97 Å². The summed E-state index contributed by atoms with van der Waals surface area (Å²) < 4.78 is 0. The van der Waals surface area contributed by atoms with E-state index in [1.54, 1.807) is 6.20 Å². The lowest BCUT2D eigenvalue weighted by Crippen LogP contribution is -2.48. The van der Waals surface area contributed by atoms with Crippen LogP contribution in [0.2, 0.25) is 0 Å². The van der Waals surface area contributed by atoms with Gasteiger partial charge in [-0.05, 0) is 37.8 Å². The number of hydrogen-bond acceptors (Lipinski definition) is 7. The van der Waals surface area contributed by atoms with Gasteiger partial charge in [0.1, 0.15) is 5.03 Å². The predicted octanol–water partition coefficient (Wildman–Crippen LogP) is 2.95. The zero-order chi connectivity index (χ0) is 19.3. The van der Waals surface area contributed by atoms with E-state index in [9.17, 15) is 4.79 Å². The second-order valence-corrected chi connectivity index (χ2v) is 8.96. The Morgan fingerprint density at radius 3 is 2.86 bits per heavy atom. The molecule has 0 amide bonds. The fourth-order valence-electron chi connectivity index (χ4n) is 3.86. The Morgan fingerprint density at radius 2 is 2.04 bits per heavy atom. The molecule has 3 N–H and O–H groups in total. The monoisotopic (exact) mass is 394 g/mol. The molecule has 0 unspecified atom stereocenters. The third-order valence-corrected chi connectivity index (χ3v) is 6.57. The van der Waals surface area contributed by atoms with Crippen molar-refractivity contribution in [3.05, 3.63) is 35.5 Å². The van der Waals surface area contributed by atoms with E-state index in [0.717, 1.165) is 59.3 Å². The molecule has 28 heavy (non-hydrogen) atoms. The van der Waals surface area contributed by atoms with Crippen molar-refractivity contribution in [3.8, 4) is 0 Å². The Kier molecular flexibility index (Phi) is 4.13. The van der Waals surface area contributed by atoms with Crippen LogP contribution in [0, 0.1) is 0 Å². The number of fused-ring (bicyclic) bond motifs is 2. The molecule has 2 aliphatic rings. The van der Waals surface area contributed by atoms with Gasteiger partial charge in [0.2, 0.25) is 5.95 Å². The first kappa shape index (κ1) is 17.6. The van der Waals surface area contributed by atoms with Crippen LogP contribution < -0.4 is 10.6 Å². The molecule has 0 bridgehead atoms. The van der Waals surface area contributed by atoms with E-state index in [2.05, 4.69) is 31.8 Å². The number of piperidine rings is 1. The van der Waals surface area contributed by atoms with Crippen LogP contribution >= 0.6 is 11.8 Å². The van der Waals surface area contributed by atoms with E-state index < -0.39 is 0 Å². The third kappa shape index (κ3) is 3.16. The first-order chi connectivity index (χ1) is 13.5. The molecular weight excluding hydrogens is 372 g/mol. The normalized spacial score (nSPS) is 18.6. The summed E-state index contributed by atoms with van der Waals surface area (Å²) in [7, 11) is 0. The number of ketones is 1. The number of imidazole rings is 1. The average molecular weight is 395 g/mol. The molecule has 5 rings (SSSR count). The van der Waals surface area contributed by atoms with Crippen molar-refractivity contribution >= 4 is 34.8 Å². The molecule has 7 nitrogen and oxygen atoms in total. The second-order valence-electron chi connectivity index (χ2n) is 7.90. The fraction of sp³-hybridized carbons (Fsp3) is 0.400. The molecule has 3 aromatic rings. The first-order valence-corrected chi connectivity index (χ1v) is 10.4. The second kappa shape index (κ2) is 6.56. The Morgan fingerprint density at radius 1 is 1.21 bits per heavy atom. The maximum Gasteiger partial charge on any atom is 0.206 e. The zero-order valence-corrected chi connectivity index (χ0v) is 16.6. The molecule has 1 saturated heterocycles. The van der Waals surface area contributed by atoms with Crippen LogP contribution in [-0.2, 0) is 6.42 Å². The highest BCUT2D eigenvalue weighted by molar-refractivity contribution is 7.99. The van der Waals surface area contributed by atoms with Crippen molar-refractivity contribution in [2.75, 3.05) is 18.0 Å². The number of nitrogens with zero attached hydrogens (tertiary/aromatic N) is 4. The van der Waals surface area contributed by atoms with Crippen LogP contribution in [-0.4, -0.2) is 44.3 Å². The number of nitrogens with one attached hydrogen (secondary N) is 1. The molecule has 3 heterocycles. The van der Waals surface area contributed by atoms with Crippen LogP contribution in [0.25, 0.3) is 11.3 Å². The number of aromatic amines is 1. The van der Waals surface area contributed by atoms with E-state index in [0.29, 0.717) is 17.7 Å². The van der Waals surface area contributed by atoms with Gasteiger partial charge < -0.3 is 15.6 Å². The Hall–Kier alpha value is -2.45. The summed E-state index contributed by atoms with van der Waals surface area (Å²) in [6.07, 6.45) is 5.02. The lowest BCUT2D eigenvalue weighted by atomic mass is 9.91. The van der Waals surface area contributed by atoms with Crippen molar-refractivity contribution in [3.63, 3.8) is 0 Å². The van der Waals surface area contributed by atoms with Crippen LogP contribution in [0.5, 0.6) is 0 Å². The van der Waals surface area contributed by atoms with Crippen molar-refractivity contribution in [1.29, 1.82) is 0 Å². The van der Waals surface area contributed by atoms with Gasteiger partial charge in [-0.15, -0.1) is 0 Å². The highest BCUT2D eigenvalue weighted by Crippen LogP contribution is 2.35. The molecule has 144 valence electrons. The summed E-state index contributed by atoms with van der Waals surface area (Å²) in [6, 6.07) is 6.01. The fourth-order valence-corrected chi connectivity index (χ4v) is 4.82. The summed E-state index contributed by atoms with van der Waals surface area (Å²) in [5.74, 6) is 1.01. The van der Waals surface area contributed by atoms with E-state index in [1.807, 2.05) is 18.2 Å². The quantitative estimate of drug-likeness (QED) is 0.704. The van der Waals surface area contributed by atoms with Crippen molar-refractivity contribution in [2.24, 2.45) is 5.73 Å². The smallest absolute Gasteiger partial charge is 0.206 e. The number of H-pyrrole nitrogens is 1. The molecule has 0 spiro atoms.